The van der Waals surface area contributed by atoms with Gasteiger partial charge in [0.1, 0.15) is 16.4 Å². The lowest BCUT2D eigenvalue weighted by Crippen LogP contribution is -2.51. The molecule has 3 rings (SSSR count). The normalized spacial score (nSPS) is 15.1. The Morgan fingerprint density at radius 3 is 2.28 bits per heavy atom. The first-order valence-corrected chi connectivity index (χ1v) is 12.1. The van der Waals surface area contributed by atoms with Crippen LogP contribution in [-0.4, -0.2) is 81.9 Å². The second-order valence-electron chi connectivity index (χ2n) is 7.59. The van der Waals surface area contributed by atoms with Crippen molar-refractivity contribution in [3.63, 3.8) is 0 Å². The fourth-order valence-electron chi connectivity index (χ4n) is 3.70. The second-order valence-corrected chi connectivity index (χ2v) is 9.50. The maximum atomic E-state index is 13.7. The van der Waals surface area contributed by atoms with Gasteiger partial charge >= 0.3 is 0 Å². The number of benzene rings is 2. The highest BCUT2D eigenvalue weighted by molar-refractivity contribution is 7.89. The van der Waals surface area contributed by atoms with Crippen molar-refractivity contribution in [2.24, 2.45) is 0 Å². The number of amides is 1. The predicted octanol–water partition coefficient (Wildman–Crippen LogP) is 2.06. The Kier molecular flexibility index (Phi) is 8.11. The molecule has 1 aliphatic heterocycles. The molecule has 2 aromatic rings. The van der Waals surface area contributed by atoms with Crippen molar-refractivity contribution in [3.05, 3.63) is 54.1 Å². The summed E-state index contributed by atoms with van der Waals surface area (Å²) in [6.07, 6.45) is 0. The van der Waals surface area contributed by atoms with Crippen LogP contribution in [0.4, 0.5) is 0 Å². The van der Waals surface area contributed by atoms with Gasteiger partial charge in [-0.25, -0.2) is 8.42 Å². The third-order valence-corrected chi connectivity index (χ3v) is 7.49. The van der Waals surface area contributed by atoms with Gasteiger partial charge in [-0.05, 0) is 24.2 Å². The lowest BCUT2D eigenvalue weighted by atomic mass is 10.2. The molecule has 1 heterocycles. The van der Waals surface area contributed by atoms with E-state index in [1.54, 1.807) is 17.0 Å². The highest BCUT2D eigenvalue weighted by Gasteiger charge is 2.32. The van der Waals surface area contributed by atoms with Gasteiger partial charge in [0.2, 0.25) is 15.9 Å². The smallest absolute Gasteiger partial charge is 0.247 e. The average molecular weight is 462 g/mol. The van der Waals surface area contributed by atoms with Crippen LogP contribution in [-0.2, 0) is 21.4 Å². The van der Waals surface area contributed by atoms with E-state index in [1.165, 1.54) is 24.6 Å². The van der Waals surface area contributed by atoms with Gasteiger partial charge in [0.25, 0.3) is 0 Å². The van der Waals surface area contributed by atoms with Gasteiger partial charge < -0.3 is 19.3 Å². The molecule has 1 amide bonds. The maximum Gasteiger partial charge on any atom is 0.247 e. The minimum absolute atomic E-state index is 0.0288. The minimum atomic E-state index is -4.05. The number of hydrogen-bond acceptors (Lipinski definition) is 6. The van der Waals surface area contributed by atoms with Crippen molar-refractivity contribution in [2.75, 3.05) is 53.5 Å². The lowest BCUT2D eigenvalue weighted by molar-refractivity contribution is -0.133. The quantitative estimate of drug-likeness (QED) is 0.569. The van der Waals surface area contributed by atoms with Crippen LogP contribution >= 0.6 is 0 Å². The summed E-state index contributed by atoms with van der Waals surface area (Å²) in [4.78, 5) is 17.1. The topological polar surface area (TPSA) is 79.4 Å². The molecule has 0 bridgehead atoms. The number of carbonyl (C=O) groups excluding carboxylic acids is 1. The molecule has 0 aromatic heterocycles. The molecule has 0 aliphatic carbocycles. The molecular formula is C23H31N3O5S. The Morgan fingerprint density at radius 1 is 1.00 bits per heavy atom. The molecule has 32 heavy (non-hydrogen) atoms. The molecule has 0 unspecified atom stereocenters. The first kappa shape index (κ1) is 24.0. The van der Waals surface area contributed by atoms with E-state index >= 15 is 0 Å². The fourth-order valence-corrected chi connectivity index (χ4v) is 5.25. The Balaban J connectivity index is 1.91. The highest BCUT2D eigenvalue weighted by Crippen LogP contribution is 2.31. The van der Waals surface area contributed by atoms with Crippen molar-refractivity contribution >= 4 is 15.9 Å². The van der Waals surface area contributed by atoms with Gasteiger partial charge in [-0.2, -0.15) is 4.31 Å². The van der Waals surface area contributed by atoms with E-state index in [0.717, 1.165) is 25.2 Å². The zero-order valence-electron chi connectivity index (χ0n) is 18.9. The summed E-state index contributed by atoms with van der Waals surface area (Å²) in [6, 6.07) is 13.9. The number of nitrogens with zero attached hydrogens (tertiary/aromatic N) is 3. The number of hydrogen-bond donors (Lipinski definition) is 0. The van der Waals surface area contributed by atoms with Gasteiger partial charge in [-0.15, -0.1) is 0 Å². The van der Waals surface area contributed by atoms with Crippen molar-refractivity contribution in [2.45, 2.75) is 18.4 Å². The van der Waals surface area contributed by atoms with Crippen LogP contribution in [0.15, 0.2) is 53.4 Å². The molecule has 8 nitrogen and oxygen atoms in total. The SMILES string of the molecule is CCN1CCN(C(=O)CN(Cc2ccccc2)S(=O)(=O)c2cc(OC)ccc2OC)CC1. The molecule has 9 heteroatoms. The number of rotatable bonds is 9. The van der Waals surface area contributed by atoms with E-state index < -0.39 is 10.0 Å². The lowest BCUT2D eigenvalue weighted by Gasteiger charge is -2.35. The molecule has 174 valence electrons. The molecule has 1 saturated heterocycles. The fraction of sp³-hybridized carbons (Fsp3) is 0.435. The van der Waals surface area contributed by atoms with E-state index in [2.05, 4.69) is 11.8 Å². The molecule has 0 N–H and O–H groups in total. The first-order valence-electron chi connectivity index (χ1n) is 10.6. The minimum Gasteiger partial charge on any atom is -0.497 e. The highest BCUT2D eigenvalue weighted by atomic mass is 32.2. The van der Waals surface area contributed by atoms with Crippen LogP contribution in [0.25, 0.3) is 0 Å². The number of piperazine rings is 1. The molecule has 1 aliphatic rings. The number of likely N-dealkylation sites (N-methyl/N-ethyl adjacent to an activating group) is 1. The third-order valence-electron chi connectivity index (χ3n) is 5.67. The summed E-state index contributed by atoms with van der Waals surface area (Å²) in [5, 5.41) is 0. The van der Waals surface area contributed by atoms with Gasteiger partial charge in [0.05, 0.1) is 20.8 Å². The van der Waals surface area contributed by atoms with Crippen molar-refractivity contribution in [1.29, 1.82) is 0 Å². The van der Waals surface area contributed by atoms with Crippen molar-refractivity contribution in [3.8, 4) is 11.5 Å². The Bertz CT molecular complexity index is 1010. The van der Waals surface area contributed by atoms with Crippen LogP contribution in [0.1, 0.15) is 12.5 Å². The molecule has 0 atom stereocenters. The summed E-state index contributed by atoms with van der Waals surface area (Å²) in [6.45, 7) is 5.62. The summed E-state index contributed by atoms with van der Waals surface area (Å²) >= 11 is 0. The summed E-state index contributed by atoms with van der Waals surface area (Å²) < 4.78 is 39.2. The number of ether oxygens (including phenoxy) is 2. The van der Waals surface area contributed by atoms with E-state index in [4.69, 9.17) is 9.47 Å². The van der Waals surface area contributed by atoms with Crippen molar-refractivity contribution < 1.29 is 22.7 Å². The molecule has 0 saturated carbocycles. The second kappa shape index (κ2) is 10.8. The van der Waals surface area contributed by atoms with Gasteiger partial charge in [0, 0.05) is 38.8 Å². The van der Waals surface area contributed by atoms with Crippen LogP contribution in [0.3, 0.4) is 0 Å². The zero-order chi connectivity index (χ0) is 23.1. The summed E-state index contributed by atoms with van der Waals surface area (Å²) in [7, 11) is -1.16. The predicted molar refractivity (Wildman–Crippen MR) is 122 cm³/mol. The largest absolute Gasteiger partial charge is 0.497 e. The van der Waals surface area contributed by atoms with Crippen LogP contribution in [0.5, 0.6) is 11.5 Å². The molecule has 2 aromatic carbocycles. The van der Waals surface area contributed by atoms with Gasteiger partial charge in [-0.3, -0.25) is 4.79 Å². The summed E-state index contributed by atoms with van der Waals surface area (Å²) in [5.41, 5.74) is 0.793. The third kappa shape index (κ3) is 5.59. The Hall–Kier alpha value is -2.62. The number of sulfonamides is 1. The number of carbonyl (C=O) groups is 1. The van der Waals surface area contributed by atoms with E-state index in [9.17, 15) is 13.2 Å². The van der Waals surface area contributed by atoms with Crippen LogP contribution in [0.2, 0.25) is 0 Å². The number of methoxy groups -OCH3 is 2. The average Bonchev–Trinajstić information content (AvgIpc) is 2.83. The Morgan fingerprint density at radius 2 is 1.69 bits per heavy atom. The summed E-state index contributed by atoms with van der Waals surface area (Å²) in [5.74, 6) is 0.390. The molecule has 1 fully saturated rings. The van der Waals surface area contributed by atoms with Gasteiger partial charge in [-0.1, -0.05) is 37.3 Å². The Labute approximate surface area is 190 Å². The standard InChI is InChI=1S/C23H31N3O5S/c1-4-24-12-14-25(15-13-24)23(27)18-26(17-19-8-6-5-7-9-19)32(28,29)22-16-20(30-2)10-11-21(22)31-3/h5-11,16H,4,12-15,17-18H2,1-3H3. The van der Waals surface area contributed by atoms with Crippen LogP contribution in [0, 0.1) is 0 Å². The van der Waals surface area contributed by atoms with E-state index in [1.807, 2.05) is 30.3 Å². The first-order chi connectivity index (χ1) is 15.4. The maximum absolute atomic E-state index is 13.7. The monoisotopic (exact) mass is 461 g/mol. The molecule has 0 radical (unpaired) electrons. The molecular weight excluding hydrogens is 430 g/mol. The van der Waals surface area contributed by atoms with E-state index in [-0.39, 0.29) is 29.6 Å². The van der Waals surface area contributed by atoms with Crippen LogP contribution < -0.4 is 9.47 Å². The molecule has 0 spiro atoms. The van der Waals surface area contributed by atoms with E-state index in [0.29, 0.717) is 18.8 Å². The zero-order valence-corrected chi connectivity index (χ0v) is 19.7. The van der Waals surface area contributed by atoms with Crippen molar-refractivity contribution in [1.82, 2.24) is 14.1 Å². The van der Waals surface area contributed by atoms with Gasteiger partial charge in [0.15, 0.2) is 0 Å².